The molecule has 1 aromatic carbocycles. The molecule has 0 aromatic heterocycles. The van der Waals surface area contributed by atoms with Crippen LogP contribution in [0.15, 0.2) is 24.3 Å². The van der Waals surface area contributed by atoms with Gasteiger partial charge < -0.3 is 20.1 Å². The molecular weight excluding hydrogens is 316 g/mol. The molecule has 5 nitrogen and oxygen atoms in total. The lowest BCUT2D eigenvalue weighted by Crippen LogP contribution is -2.50. The molecule has 1 saturated carbocycles. The van der Waals surface area contributed by atoms with E-state index in [-0.39, 0.29) is 17.7 Å². The first-order valence-corrected chi connectivity index (χ1v) is 9.50. The lowest BCUT2D eigenvalue weighted by Gasteiger charge is -2.38. The molecule has 138 valence electrons. The second-order valence-corrected chi connectivity index (χ2v) is 7.28. The van der Waals surface area contributed by atoms with Crippen LogP contribution in [0.25, 0.3) is 0 Å². The largest absolute Gasteiger partial charge is 0.497 e. The number of urea groups is 1. The first-order chi connectivity index (χ1) is 12.2. The van der Waals surface area contributed by atoms with Gasteiger partial charge in [-0.3, -0.25) is 0 Å². The maximum Gasteiger partial charge on any atom is 0.315 e. The maximum absolute atomic E-state index is 12.1. The maximum atomic E-state index is 12.1. The van der Waals surface area contributed by atoms with Crippen molar-refractivity contribution in [1.29, 1.82) is 0 Å². The number of carbonyl (C=O) groups is 1. The Morgan fingerprint density at radius 3 is 2.76 bits per heavy atom. The molecule has 1 aliphatic heterocycles. The van der Waals surface area contributed by atoms with Crippen LogP contribution in [-0.4, -0.2) is 37.9 Å². The molecule has 1 heterocycles. The van der Waals surface area contributed by atoms with Crippen molar-refractivity contribution in [2.24, 2.45) is 0 Å². The van der Waals surface area contributed by atoms with Gasteiger partial charge >= 0.3 is 6.03 Å². The molecule has 1 atom stereocenters. The predicted molar refractivity (Wildman–Crippen MR) is 98.0 cm³/mol. The summed E-state index contributed by atoms with van der Waals surface area (Å²) in [6, 6.07) is 8.28. The topological polar surface area (TPSA) is 59.6 Å². The van der Waals surface area contributed by atoms with Crippen molar-refractivity contribution >= 4 is 6.03 Å². The van der Waals surface area contributed by atoms with Crippen LogP contribution in [0, 0.1) is 0 Å². The Kier molecular flexibility index (Phi) is 6.19. The summed E-state index contributed by atoms with van der Waals surface area (Å²) in [4.78, 5) is 12.1. The number of benzene rings is 1. The zero-order chi connectivity index (χ0) is 17.5. The Hall–Kier alpha value is -1.75. The smallest absolute Gasteiger partial charge is 0.315 e. The second kappa shape index (κ2) is 8.56. The average Bonchev–Trinajstić information content (AvgIpc) is 3.07. The molecule has 2 aliphatic rings. The minimum atomic E-state index is -0.0465. The number of hydrogen-bond donors (Lipinski definition) is 2. The van der Waals surface area contributed by atoms with Crippen LogP contribution in [0.2, 0.25) is 0 Å². The van der Waals surface area contributed by atoms with Crippen molar-refractivity contribution in [3.8, 4) is 5.75 Å². The Labute approximate surface area is 150 Å². The summed E-state index contributed by atoms with van der Waals surface area (Å²) in [5, 5.41) is 6.12. The Bertz CT molecular complexity index is 553. The fourth-order valence-corrected chi connectivity index (χ4v) is 4.04. The standard InChI is InChI=1S/C20H30N2O3/c1-24-18-8-6-16(7-9-18)5-4-13-21-19(23)22-17-10-14-25-20(15-17)11-2-3-12-20/h6-9,17H,2-5,10-15H2,1H3,(H2,21,22,23)/t17-/m0/s1. The van der Waals surface area contributed by atoms with Crippen LogP contribution >= 0.6 is 0 Å². The van der Waals surface area contributed by atoms with Crippen LogP contribution in [0.5, 0.6) is 5.75 Å². The summed E-state index contributed by atoms with van der Waals surface area (Å²) < 4.78 is 11.2. The number of carbonyl (C=O) groups excluding carboxylic acids is 1. The lowest BCUT2D eigenvalue weighted by atomic mass is 9.89. The van der Waals surface area contributed by atoms with Crippen LogP contribution in [0.3, 0.4) is 0 Å². The molecule has 1 aromatic rings. The quantitative estimate of drug-likeness (QED) is 0.776. The van der Waals surface area contributed by atoms with Gasteiger partial charge in [0, 0.05) is 19.2 Å². The Morgan fingerprint density at radius 1 is 1.28 bits per heavy atom. The van der Waals surface area contributed by atoms with Gasteiger partial charge in [-0.2, -0.15) is 0 Å². The van der Waals surface area contributed by atoms with Crippen LogP contribution in [-0.2, 0) is 11.2 Å². The molecule has 25 heavy (non-hydrogen) atoms. The van der Waals surface area contributed by atoms with Crippen LogP contribution in [0.4, 0.5) is 4.79 Å². The average molecular weight is 346 g/mol. The van der Waals surface area contributed by atoms with E-state index in [1.807, 2.05) is 12.1 Å². The summed E-state index contributed by atoms with van der Waals surface area (Å²) in [5.41, 5.74) is 1.31. The number of ether oxygens (including phenoxy) is 2. The monoisotopic (exact) mass is 346 g/mol. The fourth-order valence-electron chi connectivity index (χ4n) is 4.04. The van der Waals surface area contributed by atoms with Crippen molar-refractivity contribution < 1.29 is 14.3 Å². The van der Waals surface area contributed by atoms with Gasteiger partial charge in [0.25, 0.3) is 0 Å². The van der Waals surface area contributed by atoms with E-state index in [2.05, 4.69) is 22.8 Å². The second-order valence-electron chi connectivity index (χ2n) is 7.28. The minimum Gasteiger partial charge on any atom is -0.497 e. The number of amides is 2. The highest BCUT2D eigenvalue weighted by molar-refractivity contribution is 5.74. The third kappa shape index (κ3) is 5.11. The number of aryl methyl sites for hydroxylation is 1. The molecule has 0 unspecified atom stereocenters. The molecule has 5 heteroatoms. The van der Waals surface area contributed by atoms with E-state index in [1.165, 1.54) is 18.4 Å². The zero-order valence-electron chi connectivity index (χ0n) is 15.2. The van der Waals surface area contributed by atoms with Gasteiger partial charge in [-0.15, -0.1) is 0 Å². The third-order valence-electron chi connectivity index (χ3n) is 5.43. The number of methoxy groups -OCH3 is 1. The molecule has 3 rings (SSSR count). The van der Waals surface area contributed by atoms with Gasteiger partial charge in [-0.25, -0.2) is 4.79 Å². The Balaban J connectivity index is 1.33. The fraction of sp³-hybridized carbons (Fsp3) is 0.650. The number of nitrogens with one attached hydrogen (secondary N) is 2. The van der Waals surface area contributed by atoms with Crippen molar-refractivity contribution in [3.63, 3.8) is 0 Å². The highest BCUT2D eigenvalue weighted by atomic mass is 16.5. The van der Waals surface area contributed by atoms with E-state index in [9.17, 15) is 4.79 Å². The number of hydrogen-bond acceptors (Lipinski definition) is 3. The highest BCUT2D eigenvalue weighted by Gasteiger charge is 2.40. The highest BCUT2D eigenvalue weighted by Crippen LogP contribution is 2.39. The predicted octanol–water partition coefficient (Wildman–Crippen LogP) is 3.42. The zero-order valence-corrected chi connectivity index (χ0v) is 15.2. The number of rotatable bonds is 6. The molecule has 2 amide bonds. The molecule has 1 saturated heterocycles. The summed E-state index contributed by atoms with van der Waals surface area (Å²) in [6.45, 7) is 1.45. The molecule has 0 radical (unpaired) electrons. The van der Waals surface area contributed by atoms with Gasteiger partial charge in [0.05, 0.1) is 12.7 Å². The van der Waals surface area contributed by atoms with E-state index in [1.54, 1.807) is 7.11 Å². The molecular formula is C20H30N2O3. The van der Waals surface area contributed by atoms with Gasteiger partial charge in [0.1, 0.15) is 5.75 Å². The van der Waals surface area contributed by atoms with Gasteiger partial charge in [0.2, 0.25) is 0 Å². The van der Waals surface area contributed by atoms with E-state index in [4.69, 9.17) is 9.47 Å². The summed E-state index contributed by atoms with van der Waals surface area (Å²) in [6.07, 6.45) is 8.56. The van der Waals surface area contributed by atoms with E-state index >= 15 is 0 Å². The van der Waals surface area contributed by atoms with Gasteiger partial charge in [-0.05, 0) is 56.2 Å². The lowest BCUT2D eigenvalue weighted by molar-refractivity contribution is -0.0820. The molecule has 1 aliphatic carbocycles. The summed E-state index contributed by atoms with van der Waals surface area (Å²) in [7, 11) is 1.67. The van der Waals surface area contributed by atoms with E-state index < -0.39 is 0 Å². The van der Waals surface area contributed by atoms with Crippen molar-refractivity contribution in [2.45, 2.75) is 63.0 Å². The molecule has 1 spiro atoms. The molecule has 2 fully saturated rings. The van der Waals surface area contributed by atoms with Crippen LogP contribution < -0.4 is 15.4 Å². The summed E-state index contributed by atoms with van der Waals surface area (Å²) in [5.74, 6) is 0.873. The van der Waals surface area contributed by atoms with Crippen LogP contribution in [0.1, 0.15) is 50.5 Å². The van der Waals surface area contributed by atoms with Gasteiger partial charge in [-0.1, -0.05) is 25.0 Å². The van der Waals surface area contributed by atoms with E-state index in [0.29, 0.717) is 6.54 Å². The summed E-state index contributed by atoms with van der Waals surface area (Å²) >= 11 is 0. The Morgan fingerprint density at radius 2 is 2.04 bits per heavy atom. The van der Waals surface area contributed by atoms with Crippen molar-refractivity contribution in [2.75, 3.05) is 20.3 Å². The first kappa shape index (κ1) is 18.1. The SMILES string of the molecule is COc1ccc(CCCNC(=O)N[C@H]2CCOC3(CCCC3)C2)cc1. The molecule has 2 N–H and O–H groups in total. The van der Waals surface area contributed by atoms with Crippen molar-refractivity contribution in [3.05, 3.63) is 29.8 Å². The third-order valence-corrected chi connectivity index (χ3v) is 5.43. The van der Waals surface area contributed by atoms with Gasteiger partial charge in [0.15, 0.2) is 0 Å². The van der Waals surface area contributed by atoms with Crippen molar-refractivity contribution in [1.82, 2.24) is 10.6 Å². The van der Waals surface area contributed by atoms with E-state index in [0.717, 1.165) is 50.9 Å². The normalized spacial score (nSPS) is 21.9. The molecule has 0 bridgehead atoms. The minimum absolute atomic E-state index is 0.0462. The first-order valence-electron chi connectivity index (χ1n) is 9.50.